The van der Waals surface area contributed by atoms with Gasteiger partial charge in [0.2, 0.25) is 5.95 Å². The monoisotopic (exact) mass is 269 g/mol. The van der Waals surface area contributed by atoms with Gasteiger partial charge in [0.05, 0.1) is 22.1 Å². The molecule has 3 aromatic heterocycles. The van der Waals surface area contributed by atoms with Gasteiger partial charge < -0.3 is 0 Å². The lowest BCUT2D eigenvalue weighted by atomic mass is 10.1. The molecule has 98 valence electrons. The number of benzene rings is 1. The van der Waals surface area contributed by atoms with E-state index >= 15 is 0 Å². The molecule has 0 aliphatic heterocycles. The Labute approximate surface area is 112 Å². The van der Waals surface area contributed by atoms with Crippen molar-refractivity contribution in [2.24, 2.45) is 0 Å². The molecule has 0 spiro atoms. The van der Waals surface area contributed by atoms with Gasteiger partial charge in [-0.15, -0.1) is 0 Å². The topological polar surface area (TPSA) is 30.2 Å². The Bertz CT molecular complexity index is 989. The summed E-state index contributed by atoms with van der Waals surface area (Å²) < 4.78 is 29.4. The number of aromatic nitrogens is 3. The fourth-order valence-electron chi connectivity index (χ4n) is 2.63. The number of rotatable bonds is 0. The highest BCUT2D eigenvalue weighted by atomic mass is 19.1. The first kappa shape index (κ1) is 11.3. The lowest BCUT2D eigenvalue weighted by molar-refractivity contribution is 0.589. The maximum atomic E-state index is 14.2. The molecule has 4 rings (SSSR count). The van der Waals surface area contributed by atoms with Crippen molar-refractivity contribution in [3.63, 3.8) is 0 Å². The predicted molar refractivity (Wildman–Crippen MR) is 72.7 cm³/mol. The summed E-state index contributed by atoms with van der Waals surface area (Å²) >= 11 is 0. The summed E-state index contributed by atoms with van der Waals surface area (Å²) in [6.07, 6.45) is 1.83. The highest BCUT2D eigenvalue weighted by Gasteiger charge is 2.14. The first-order valence-electron chi connectivity index (χ1n) is 6.17. The van der Waals surface area contributed by atoms with Gasteiger partial charge in [-0.05, 0) is 31.2 Å². The normalized spacial score (nSPS) is 11.8. The molecule has 0 bridgehead atoms. The van der Waals surface area contributed by atoms with Gasteiger partial charge in [0, 0.05) is 11.6 Å². The fourth-order valence-corrected chi connectivity index (χ4v) is 2.63. The van der Waals surface area contributed by atoms with E-state index in [0.29, 0.717) is 27.5 Å². The third-order valence-corrected chi connectivity index (χ3v) is 3.42. The van der Waals surface area contributed by atoms with Gasteiger partial charge >= 0.3 is 0 Å². The molecule has 0 amide bonds. The second-order valence-corrected chi connectivity index (χ2v) is 4.74. The van der Waals surface area contributed by atoms with E-state index < -0.39 is 11.8 Å². The minimum Gasteiger partial charge on any atom is -0.299 e. The highest BCUT2D eigenvalue weighted by molar-refractivity contribution is 6.09. The summed E-state index contributed by atoms with van der Waals surface area (Å²) in [6, 6.07) is 7.60. The average molecular weight is 269 g/mol. The minimum absolute atomic E-state index is 0.302. The number of fused-ring (bicyclic) bond motifs is 6. The van der Waals surface area contributed by atoms with Crippen LogP contribution in [-0.4, -0.2) is 14.4 Å². The Morgan fingerprint density at radius 3 is 2.75 bits per heavy atom. The lowest BCUT2D eigenvalue weighted by Crippen LogP contribution is -1.95. The molecule has 4 aromatic rings. The number of halogens is 2. The summed E-state index contributed by atoms with van der Waals surface area (Å²) in [7, 11) is 0. The van der Waals surface area contributed by atoms with Crippen molar-refractivity contribution in [3.8, 4) is 0 Å². The smallest absolute Gasteiger partial charge is 0.213 e. The van der Waals surface area contributed by atoms with Crippen LogP contribution in [0, 0.1) is 18.7 Å². The standard InChI is InChI=1S/C15H9F2N3/c1-8-7-20-11-4-2-3-10(16)13(11)14-9(15(20)18-8)5-6-12(17)19-14/h2-7H,1H3. The molecular weight excluding hydrogens is 260 g/mol. The molecule has 0 aliphatic rings. The first-order chi connectivity index (χ1) is 9.65. The van der Waals surface area contributed by atoms with E-state index in [1.54, 1.807) is 18.2 Å². The van der Waals surface area contributed by atoms with E-state index in [2.05, 4.69) is 9.97 Å². The van der Waals surface area contributed by atoms with E-state index in [1.165, 1.54) is 12.1 Å². The first-order valence-corrected chi connectivity index (χ1v) is 6.17. The second-order valence-electron chi connectivity index (χ2n) is 4.74. The molecule has 3 heterocycles. The van der Waals surface area contributed by atoms with Crippen LogP contribution in [0.25, 0.3) is 27.5 Å². The lowest BCUT2D eigenvalue weighted by Gasteiger charge is -2.07. The molecule has 5 heteroatoms. The van der Waals surface area contributed by atoms with Crippen LogP contribution in [0.3, 0.4) is 0 Å². The van der Waals surface area contributed by atoms with E-state index in [0.717, 1.165) is 5.69 Å². The molecule has 0 unspecified atom stereocenters. The number of nitrogens with zero attached hydrogens (tertiary/aromatic N) is 3. The summed E-state index contributed by atoms with van der Waals surface area (Å²) in [5.74, 6) is -1.05. The van der Waals surface area contributed by atoms with Crippen LogP contribution in [0.15, 0.2) is 36.5 Å². The molecular formula is C15H9F2N3. The van der Waals surface area contributed by atoms with Gasteiger partial charge in [-0.2, -0.15) is 4.39 Å². The molecule has 0 fully saturated rings. The van der Waals surface area contributed by atoms with Crippen molar-refractivity contribution >= 4 is 27.5 Å². The summed E-state index contributed by atoms with van der Waals surface area (Å²) in [4.78, 5) is 8.29. The maximum absolute atomic E-state index is 14.2. The van der Waals surface area contributed by atoms with Crippen molar-refractivity contribution in [2.45, 2.75) is 6.92 Å². The molecule has 1 aromatic carbocycles. The molecule has 0 aliphatic carbocycles. The van der Waals surface area contributed by atoms with E-state index in [1.807, 2.05) is 17.5 Å². The van der Waals surface area contributed by atoms with Crippen LogP contribution in [0.5, 0.6) is 0 Å². The van der Waals surface area contributed by atoms with Gasteiger partial charge in [-0.1, -0.05) is 6.07 Å². The van der Waals surface area contributed by atoms with Gasteiger partial charge in [0.25, 0.3) is 0 Å². The van der Waals surface area contributed by atoms with Gasteiger partial charge in [0.15, 0.2) is 0 Å². The Morgan fingerprint density at radius 2 is 1.90 bits per heavy atom. The summed E-state index contributed by atoms with van der Waals surface area (Å²) in [5.41, 5.74) is 2.40. The average Bonchev–Trinajstić information content (AvgIpc) is 2.80. The Kier molecular flexibility index (Phi) is 2.10. The molecule has 0 saturated heterocycles. The number of imidazole rings is 1. The predicted octanol–water partition coefficient (Wildman–Crippen LogP) is 3.62. The molecule has 0 atom stereocenters. The van der Waals surface area contributed by atoms with Gasteiger partial charge in [-0.3, -0.25) is 4.40 Å². The Morgan fingerprint density at radius 1 is 1.05 bits per heavy atom. The fraction of sp³-hybridized carbons (Fsp3) is 0.0667. The van der Waals surface area contributed by atoms with Crippen LogP contribution in [-0.2, 0) is 0 Å². The summed E-state index contributed by atoms with van der Waals surface area (Å²) in [6.45, 7) is 1.86. The van der Waals surface area contributed by atoms with Gasteiger partial charge in [-0.25, -0.2) is 14.4 Å². The third-order valence-electron chi connectivity index (χ3n) is 3.42. The zero-order chi connectivity index (χ0) is 13.9. The van der Waals surface area contributed by atoms with Crippen molar-refractivity contribution in [1.29, 1.82) is 0 Å². The molecule has 3 nitrogen and oxygen atoms in total. The second kappa shape index (κ2) is 3.72. The van der Waals surface area contributed by atoms with Crippen molar-refractivity contribution in [3.05, 3.63) is 54.0 Å². The Balaban J connectivity index is 2.44. The maximum Gasteiger partial charge on any atom is 0.213 e. The highest BCUT2D eigenvalue weighted by Crippen LogP contribution is 2.29. The quantitative estimate of drug-likeness (QED) is 0.360. The molecule has 0 N–H and O–H groups in total. The van der Waals surface area contributed by atoms with Crippen LogP contribution in [0.4, 0.5) is 8.78 Å². The molecule has 0 saturated carbocycles. The van der Waals surface area contributed by atoms with Crippen LogP contribution >= 0.6 is 0 Å². The van der Waals surface area contributed by atoms with E-state index in [9.17, 15) is 8.78 Å². The number of hydrogen-bond acceptors (Lipinski definition) is 2. The number of hydrogen-bond donors (Lipinski definition) is 0. The third kappa shape index (κ3) is 1.37. The number of pyridine rings is 2. The van der Waals surface area contributed by atoms with Crippen molar-refractivity contribution in [1.82, 2.24) is 14.4 Å². The summed E-state index contributed by atoms with van der Waals surface area (Å²) in [5, 5.41) is 0.948. The zero-order valence-corrected chi connectivity index (χ0v) is 10.6. The largest absolute Gasteiger partial charge is 0.299 e. The zero-order valence-electron chi connectivity index (χ0n) is 10.6. The van der Waals surface area contributed by atoms with Crippen molar-refractivity contribution in [2.75, 3.05) is 0 Å². The van der Waals surface area contributed by atoms with Crippen LogP contribution < -0.4 is 0 Å². The van der Waals surface area contributed by atoms with E-state index in [4.69, 9.17) is 0 Å². The molecule has 20 heavy (non-hydrogen) atoms. The van der Waals surface area contributed by atoms with E-state index in [-0.39, 0.29) is 0 Å². The van der Waals surface area contributed by atoms with Crippen LogP contribution in [0.2, 0.25) is 0 Å². The Hall–Kier alpha value is -2.56. The SMILES string of the molecule is Cc1cn2c3cccc(F)c3c3nc(F)ccc3c2n1. The minimum atomic E-state index is -0.630. The van der Waals surface area contributed by atoms with Crippen LogP contribution in [0.1, 0.15) is 5.69 Å². The van der Waals surface area contributed by atoms with Gasteiger partial charge in [0.1, 0.15) is 11.5 Å². The number of aryl methyl sites for hydroxylation is 1. The van der Waals surface area contributed by atoms with Crippen molar-refractivity contribution < 1.29 is 8.78 Å². The molecule has 0 radical (unpaired) electrons.